The van der Waals surface area contributed by atoms with E-state index in [2.05, 4.69) is 5.10 Å². The Balaban J connectivity index is 2.41. The van der Waals surface area contributed by atoms with E-state index in [1.807, 2.05) is 39.2 Å². The molecule has 0 atom stereocenters. The third-order valence-electron chi connectivity index (χ3n) is 3.29. The van der Waals surface area contributed by atoms with Gasteiger partial charge in [-0.3, -0.25) is 9.48 Å². The lowest BCUT2D eigenvalue weighted by atomic mass is 10.0. The maximum absolute atomic E-state index is 12.4. The Morgan fingerprint density at radius 3 is 2.50 bits per heavy atom. The largest absolute Gasteiger partial charge is 0.399 e. The molecule has 20 heavy (non-hydrogen) atoms. The van der Waals surface area contributed by atoms with Gasteiger partial charge >= 0.3 is 0 Å². The number of aromatic nitrogens is 2. The molecule has 0 aliphatic rings. The minimum Gasteiger partial charge on any atom is -0.399 e. The molecule has 2 aromatic rings. The molecule has 1 aromatic carbocycles. The monoisotopic (exact) mass is 272 g/mol. The van der Waals surface area contributed by atoms with E-state index in [1.54, 1.807) is 21.8 Å². The van der Waals surface area contributed by atoms with E-state index in [1.165, 1.54) is 0 Å². The zero-order valence-corrected chi connectivity index (χ0v) is 12.1. The van der Waals surface area contributed by atoms with E-state index in [0.717, 1.165) is 11.1 Å². The van der Waals surface area contributed by atoms with Crippen molar-refractivity contribution < 1.29 is 4.79 Å². The van der Waals surface area contributed by atoms with Crippen LogP contribution >= 0.6 is 0 Å². The Kier molecular flexibility index (Phi) is 4.08. The minimum absolute atomic E-state index is 0.00689. The fourth-order valence-corrected chi connectivity index (χ4v) is 2.21. The Morgan fingerprint density at radius 2 is 1.95 bits per heavy atom. The molecule has 1 heterocycles. The lowest BCUT2D eigenvalue weighted by molar-refractivity contribution is 0.0773. The highest BCUT2D eigenvalue weighted by Crippen LogP contribution is 2.23. The van der Waals surface area contributed by atoms with E-state index in [9.17, 15) is 4.79 Å². The zero-order valence-electron chi connectivity index (χ0n) is 12.1. The van der Waals surface area contributed by atoms with Gasteiger partial charge in [-0.05, 0) is 37.6 Å². The Bertz CT molecular complexity index is 614. The molecule has 0 spiro atoms. The fraction of sp³-hybridized carbons (Fsp3) is 0.333. The molecule has 0 aliphatic heterocycles. The molecular formula is C15H20N4O. The number of nitrogens with zero attached hydrogens (tertiary/aromatic N) is 3. The average Bonchev–Trinajstić information content (AvgIpc) is 2.86. The smallest absolute Gasteiger partial charge is 0.253 e. The van der Waals surface area contributed by atoms with Crippen LogP contribution in [-0.2, 0) is 7.05 Å². The van der Waals surface area contributed by atoms with Crippen LogP contribution in [0.1, 0.15) is 24.2 Å². The third kappa shape index (κ3) is 2.82. The van der Waals surface area contributed by atoms with E-state index < -0.39 is 0 Å². The number of benzene rings is 1. The molecule has 106 valence electrons. The number of hydrogen-bond donors (Lipinski definition) is 1. The number of amides is 1. The Labute approximate surface area is 119 Å². The van der Waals surface area contributed by atoms with Gasteiger partial charge in [-0.1, -0.05) is 0 Å². The van der Waals surface area contributed by atoms with Crippen LogP contribution in [0.2, 0.25) is 0 Å². The molecular weight excluding hydrogens is 252 g/mol. The van der Waals surface area contributed by atoms with Crippen molar-refractivity contribution in [2.24, 2.45) is 7.05 Å². The standard InChI is InChI=1S/C15H20N4O/c1-4-19(5-2)15(20)12-6-11(7-14(16)8-12)13-9-17-18(3)10-13/h6-10H,4-5,16H2,1-3H3. The summed E-state index contributed by atoms with van der Waals surface area (Å²) in [6.07, 6.45) is 3.67. The van der Waals surface area contributed by atoms with Crippen LogP contribution in [0.25, 0.3) is 11.1 Å². The summed E-state index contributed by atoms with van der Waals surface area (Å²) in [5.74, 6) is 0.00689. The second-order valence-corrected chi connectivity index (χ2v) is 4.72. The van der Waals surface area contributed by atoms with Gasteiger partial charge < -0.3 is 10.6 Å². The van der Waals surface area contributed by atoms with Crippen LogP contribution in [0.3, 0.4) is 0 Å². The molecule has 0 fully saturated rings. The normalized spacial score (nSPS) is 10.6. The van der Waals surface area contributed by atoms with Crippen LogP contribution in [-0.4, -0.2) is 33.7 Å². The number of nitrogens with two attached hydrogens (primary N) is 1. The fourth-order valence-electron chi connectivity index (χ4n) is 2.21. The van der Waals surface area contributed by atoms with Crippen molar-refractivity contribution >= 4 is 11.6 Å². The van der Waals surface area contributed by atoms with Crippen molar-refractivity contribution in [3.8, 4) is 11.1 Å². The molecule has 0 bridgehead atoms. The van der Waals surface area contributed by atoms with Crippen molar-refractivity contribution in [2.75, 3.05) is 18.8 Å². The van der Waals surface area contributed by atoms with Crippen molar-refractivity contribution in [2.45, 2.75) is 13.8 Å². The second kappa shape index (κ2) is 5.77. The van der Waals surface area contributed by atoms with Crippen LogP contribution in [0.4, 0.5) is 5.69 Å². The quantitative estimate of drug-likeness (QED) is 0.867. The number of carbonyl (C=O) groups excluding carboxylic acids is 1. The van der Waals surface area contributed by atoms with Gasteiger partial charge in [-0.2, -0.15) is 5.10 Å². The van der Waals surface area contributed by atoms with Gasteiger partial charge in [0.1, 0.15) is 0 Å². The van der Waals surface area contributed by atoms with Gasteiger partial charge in [0.2, 0.25) is 0 Å². The maximum atomic E-state index is 12.4. The van der Waals surface area contributed by atoms with Crippen molar-refractivity contribution in [3.63, 3.8) is 0 Å². The van der Waals surface area contributed by atoms with Crippen molar-refractivity contribution in [1.29, 1.82) is 0 Å². The first-order valence-corrected chi connectivity index (χ1v) is 6.74. The minimum atomic E-state index is 0.00689. The summed E-state index contributed by atoms with van der Waals surface area (Å²) in [5, 5.41) is 4.15. The SMILES string of the molecule is CCN(CC)C(=O)c1cc(N)cc(-c2cnn(C)c2)c1. The Hall–Kier alpha value is -2.30. The van der Waals surface area contributed by atoms with Gasteiger partial charge in [-0.15, -0.1) is 0 Å². The van der Waals surface area contributed by atoms with E-state index >= 15 is 0 Å². The third-order valence-corrected chi connectivity index (χ3v) is 3.29. The zero-order chi connectivity index (χ0) is 14.7. The lowest BCUT2D eigenvalue weighted by Gasteiger charge is -2.19. The molecule has 2 rings (SSSR count). The molecule has 1 aromatic heterocycles. The predicted octanol–water partition coefficient (Wildman–Crippen LogP) is 2.15. The first-order chi connectivity index (χ1) is 9.55. The first-order valence-electron chi connectivity index (χ1n) is 6.74. The number of nitrogen functional groups attached to an aromatic ring is 1. The van der Waals surface area contributed by atoms with Crippen LogP contribution in [0.15, 0.2) is 30.6 Å². The number of aryl methyl sites for hydroxylation is 1. The highest BCUT2D eigenvalue weighted by Gasteiger charge is 2.14. The van der Waals surface area contributed by atoms with E-state index in [-0.39, 0.29) is 5.91 Å². The first kappa shape index (κ1) is 14.1. The summed E-state index contributed by atoms with van der Waals surface area (Å²) in [4.78, 5) is 14.2. The van der Waals surface area contributed by atoms with E-state index in [4.69, 9.17) is 5.73 Å². The number of hydrogen-bond acceptors (Lipinski definition) is 3. The molecule has 1 amide bonds. The maximum Gasteiger partial charge on any atom is 0.253 e. The lowest BCUT2D eigenvalue weighted by Crippen LogP contribution is -2.30. The van der Waals surface area contributed by atoms with Crippen LogP contribution < -0.4 is 5.73 Å². The molecule has 0 saturated carbocycles. The Morgan fingerprint density at radius 1 is 1.25 bits per heavy atom. The molecule has 0 aliphatic carbocycles. The summed E-state index contributed by atoms with van der Waals surface area (Å²) in [5.41, 5.74) is 8.99. The molecule has 0 radical (unpaired) electrons. The van der Waals surface area contributed by atoms with Crippen LogP contribution in [0, 0.1) is 0 Å². The summed E-state index contributed by atoms with van der Waals surface area (Å²) in [6, 6.07) is 5.45. The number of carbonyl (C=O) groups is 1. The highest BCUT2D eigenvalue weighted by molar-refractivity contribution is 5.96. The highest BCUT2D eigenvalue weighted by atomic mass is 16.2. The topological polar surface area (TPSA) is 64.2 Å². The predicted molar refractivity (Wildman–Crippen MR) is 80.3 cm³/mol. The summed E-state index contributed by atoms with van der Waals surface area (Å²) in [7, 11) is 1.86. The summed E-state index contributed by atoms with van der Waals surface area (Å²) >= 11 is 0. The molecule has 5 heteroatoms. The van der Waals surface area contributed by atoms with Gasteiger partial charge in [-0.25, -0.2) is 0 Å². The molecule has 0 saturated heterocycles. The van der Waals surface area contributed by atoms with E-state index in [0.29, 0.717) is 24.3 Å². The molecule has 2 N–H and O–H groups in total. The molecule has 5 nitrogen and oxygen atoms in total. The van der Waals surface area contributed by atoms with Crippen LogP contribution in [0.5, 0.6) is 0 Å². The van der Waals surface area contributed by atoms with Gasteiger partial charge in [0, 0.05) is 43.1 Å². The average molecular weight is 272 g/mol. The number of rotatable bonds is 4. The summed E-state index contributed by atoms with van der Waals surface area (Å²) < 4.78 is 1.73. The number of anilines is 1. The van der Waals surface area contributed by atoms with Gasteiger partial charge in [0.05, 0.1) is 6.20 Å². The summed E-state index contributed by atoms with van der Waals surface area (Å²) in [6.45, 7) is 5.31. The van der Waals surface area contributed by atoms with Crippen molar-refractivity contribution in [1.82, 2.24) is 14.7 Å². The second-order valence-electron chi connectivity index (χ2n) is 4.72. The van der Waals surface area contributed by atoms with Crippen molar-refractivity contribution in [3.05, 3.63) is 36.2 Å². The van der Waals surface area contributed by atoms with Gasteiger partial charge in [0.25, 0.3) is 5.91 Å². The van der Waals surface area contributed by atoms with Gasteiger partial charge in [0.15, 0.2) is 0 Å². The molecule has 0 unspecified atom stereocenters.